The van der Waals surface area contributed by atoms with Crippen LogP contribution >= 0.6 is 0 Å². The van der Waals surface area contributed by atoms with Crippen molar-refractivity contribution in [1.29, 1.82) is 0 Å². The highest BCUT2D eigenvalue weighted by Crippen LogP contribution is 2.34. The number of benzene rings is 2. The van der Waals surface area contributed by atoms with Crippen LogP contribution in [0.1, 0.15) is 37.5 Å². The van der Waals surface area contributed by atoms with Crippen LogP contribution in [-0.2, 0) is 19.3 Å². The van der Waals surface area contributed by atoms with Crippen molar-refractivity contribution in [2.75, 3.05) is 0 Å². The van der Waals surface area contributed by atoms with E-state index in [-0.39, 0.29) is 0 Å². The van der Waals surface area contributed by atoms with Gasteiger partial charge in [0.25, 0.3) is 0 Å². The van der Waals surface area contributed by atoms with Crippen molar-refractivity contribution in [3.8, 4) is 22.5 Å². The van der Waals surface area contributed by atoms with Gasteiger partial charge in [-0.3, -0.25) is 0 Å². The highest BCUT2D eigenvalue weighted by molar-refractivity contribution is 5.74. The minimum atomic E-state index is 1.02. The van der Waals surface area contributed by atoms with Gasteiger partial charge in [0.15, 0.2) is 0 Å². The molecule has 0 saturated carbocycles. The number of hydrogen-bond acceptors (Lipinski definition) is 1. The van der Waals surface area contributed by atoms with Crippen LogP contribution in [0.2, 0.25) is 0 Å². The Hall–Kier alpha value is -2.41. The molecular weight excluding hydrogens is 290 g/mol. The van der Waals surface area contributed by atoms with Gasteiger partial charge in [0.05, 0.1) is 11.4 Å². The number of rotatable bonds is 5. The van der Waals surface area contributed by atoms with Crippen LogP contribution in [-0.4, -0.2) is 4.98 Å². The Labute approximate surface area is 145 Å². The third-order valence-corrected chi connectivity index (χ3v) is 4.68. The molecule has 0 amide bonds. The summed E-state index contributed by atoms with van der Waals surface area (Å²) in [5, 5.41) is 0. The van der Waals surface area contributed by atoms with E-state index >= 15 is 0 Å². The van der Waals surface area contributed by atoms with E-state index in [1.54, 1.807) is 0 Å². The molecule has 0 saturated heterocycles. The Kier molecular flexibility index (Phi) is 5.10. The highest BCUT2D eigenvalue weighted by Gasteiger charge is 2.18. The maximum Gasteiger partial charge on any atom is 0.0744 e. The van der Waals surface area contributed by atoms with Crippen LogP contribution in [0.15, 0.2) is 60.7 Å². The zero-order valence-electron chi connectivity index (χ0n) is 14.8. The number of hydrogen-bond donors (Lipinski definition) is 0. The lowest BCUT2D eigenvalue weighted by atomic mass is 9.89. The van der Waals surface area contributed by atoms with Crippen LogP contribution < -0.4 is 0 Å². The lowest BCUT2D eigenvalue weighted by Gasteiger charge is -2.20. The molecule has 0 atom stereocenters. The molecule has 0 aliphatic heterocycles. The van der Waals surface area contributed by atoms with E-state index in [9.17, 15) is 0 Å². The summed E-state index contributed by atoms with van der Waals surface area (Å²) >= 11 is 0. The lowest BCUT2D eigenvalue weighted by Crippen LogP contribution is -2.06. The smallest absolute Gasteiger partial charge is 0.0744 e. The predicted molar refractivity (Wildman–Crippen MR) is 103 cm³/mol. The van der Waals surface area contributed by atoms with Gasteiger partial charge in [-0.25, -0.2) is 4.98 Å². The summed E-state index contributed by atoms with van der Waals surface area (Å²) in [7, 11) is 0. The normalized spacial score (nSPS) is 10.8. The van der Waals surface area contributed by atoms with Gasteiger partial charge in [-0.05, 0) is 36.0 Å². The maximum atomic E-state index is 5.16. The Bertz CT molecular complexity index is 739. The van der Waals surface area contributed by atoms with Crippen LogP contribution in [0.3, 0.4) is 0 Å². The van der Waals surface area contributed by atoms with Crippen molar-refractivity contribution >= 4 is 0 Å². The van der Waals surface area contributed by atoms with Gasteiger partial charge < -0.3 is 0 Å². The van der Waals surface area contributed by atoms with Gasteiger partial charge in [-0.15, -0.1) is 0 Å². The first kappa shape index (κ1) is 16.4. The van der Waals surface area contributed by atoms with Gasteiger partial charge in [-0.1, -0.05) is 81.4 Å². The largest absolute Gasteiger partial charge is 0.247 e. The fourth-order valence-electron chi connectivity index (χ4n) is 3.57. The van der Waals surface area contributed by atoms with Crippen LogP contribution in [0.5, 0.6) is 0 Å². The predicted octanol–water partition coefficient (Wildman–Crippen LogP) is 6.10. The molecule has 0 aliphatic rings. The molecule has 0 unspecified atom stereocenters. The highest BCUT2D eigenvalue weighted by atomic mass is 14.7. The summed E-state index contributed by atoms with van der Waals surface area (Å²) in [6.07, 6.45) is 3.08. The first-order valence-corrected chi connectivity index (χ1v) is 8.95. The Balaban J connectivity index is 2.34. The van der Waals surface area contributed by atoms with Crippen molar-refractivity contribution in [3.63, 3.8) is 0 Å². The van der Waals surface area contributed by atoms with E-state index in [0.717, 1.165) is 30.7 Å². The molecule has 1 heteroatoms. The number of aromatic nitrogens is 1. The Morgan fingerprint density at radius 2 is 0.917 bits per heavy atom. The molecule has 24 heavy (non-hydrogen) atoms. The molecule has 0 spiro atoms. The second kappa shape index (κ2) is 7.44. The molecular formula is C23H25N. The van der Waals surface area contributed by atoms with Crippen molar-refractivity contribution in [3.05, 3.63) is 77.4 Å². The summed E-state index contributed by atoms with van der Waals surface area (Å²) < 4.78 is 0. The fourth-order valence-corrected chi connectivity index (χ4v) is 3.57. The second-order valence-corrected chi connectivity index (χ2v) is 6.04. The second-order valence-electron chi connectivity index (χ2n) is 6.04. The number of nitrogens with zero attached hydrogens (tertiary/aromatic N) is 1. The first-order valence-electron chi connectivity index (χ1n) is 8.95. The topological polar surface area (TPSA) is 12.9 Å². The molecule has 3 aromatic rings. The summed E-state index contributed by atoms with van der Waals surface area (Å²) in [5.74, 6) is 0. The molecule has 2 aromatic carbocycles. The zero-order chi connectivity index (χ0) is 16.9. The number of pyridine rings is 1. The van der Waals surface area contributed by atoms with Gasteiger partial charge in [0.1, 0.15) is 0 Å². The molecule has 0 fully saturated rings. The minimum Gasteiger partial charge on any atom is -0.247 e. The molecule has 1 heterocycles. The van der Waals surface area contributed by atoms with Crippen molar-refractivity contribution in [1.82, 2.24) is 4.98 Å². The van der Waals surface area contributed by atoms with Gasteiger partial charge in [-0.2, -0.15) is 0 Å². The van der Waals surface area contributed by atoms with Crippen molar-refractivity contribution < 1.29 is 0 Å². The van der Waals surface area contributed by atoms with E-state index < -0.39 is 0 Å². The molecule has 0 N–H and O–H groups in total. The maximum absolute atomic E-state index is 5.16. The molecule has 1 aromatic heterocycles. The van der Waals surface area contributed by atoms with Gasteiger partial charge >= 0.3 is 0 Å². The summed E-state index contributed by atoms with van der Waals surface area (Å²) in [6.45, 7) is 6.74. The molecule has 122 valence electrons. The van der Waals surface area contributed by atoms with Crippen molar-refractivity contribution in [2.24, 2.45) is 0 Å². The molecule has 3 rings (SSSR count). The average molecular weight is 315 g/mol. The fraction of sp³-hybridized carbons (Fsp3) is 0.261. The summed E-state index contributed by atoms with van der Waals surface area (Å²) in [4.78, 5) is 5.16. The van der Waals surface area contributed by atoms with Crippen LogP contribution in [0.4, 0.5) is 0 Å². The first-order chi connectivity index (χ1) is 11.8. The Morgan fingerprint density at radius 3 is 1.25 bits per heavy atom. The standard InChI is InChI=1S/C23H25N/c1-4-19-20(5-2)22(17-13-9-7-10-14-17)24-23(21(19)6-3)18-15-11-8-12-16-18/h7-16H,4-6H2,1-3H3. The SMILES string of the molecule is CCc1c(-c2ccccc2)nc(-c2ccccc2)c(CC)c1CC. The monoisotopic (exact) mass is 315 g/mol. The van der Waals surface area contributed by atoms with Crippen LogP contribution in [0.25, 0.3) is 22.5 Å². The van der Waals surface area contributed by atoms with E-state index in [1.807, 2.05) is 0 Å². The third kappa shape index (κ3) is 2.99. The van der Waals surface area contributed by atoms with Gasteiger partial charge in [0.2, 0.25) is 0 Å². The van der Waals surface area contributed by atoms with Crippen LogP contribution in [0, 0.1) is 0 Å². The lowest BCUT2D eigenvalue weighted by molar-refractivity contribution is 0.962. The Morgan fingerprint density at radius 1 is 0.542 bits per heavy atom. The van der Waals surface area contributed by atoms with E-state index in [2.05, 4.69) is 81.4 Å². The quantitative estimate of drug-likeness (QED) is 0.554. The zero-order valence-corrected chi connectivity index (χ0v) is 14.8. The van der Waals surface area contributed by atoms with E-state index in [4.69, 9.17) is 4.98 Å². The molecule has 0 aliphatic carbocycles. The molecule has 0 bridgehead atoms. The average Bonchev–Trinajstić information content (AvgIpc) is 2.67. The molecule has 1 nitrogen and oxygen atoms in total. The van der Waals surface area contributed by atoms with Gasteiger partial charge in [0, 0.05) is 11.1 Å². The summed E-state index contributed by atoms with van der Waals surface area (Å²) in [6, 6.07) is 21.2. The minimum absolute atomic E-state index is 1.02. The molecule has 0 radical (unpaired) electrons. The third-order valence-electron chi connectivity index (χ3n) is 4.68. The van der Waals surface area contributed by atoms with E-state index in [1.165, 1.54) is 27.8 Å². The van der Waals surface area contributed by atoms with E-state index in [0.29, 0.717) is 0 Å². The summed E-state index contributed by atoms with van der Waals surface area (Å²) in [5.41, 5.74) is 9.00. The van der Waals surface area contributed by atoms with Crippen molar-refractivity contribution in [2.45, 2.75) is 40.0 Å².